The maximum atomic E-state index is 12.6. The molecule has 1 aliphatic rings. The normalized spacial score (nSPS) is 15.0. The Kier molecular flexibility index (Phi) is 6.04. The van der Waals surface area contributed by atoms with Gasteiger partial charge in [-0.2, -0.15) is 0 Å². The predicted octanol–water partition coefficient (Wildman–Crippen LogP) is 3.01. The fourth-order valence-electron chi connectivity index (χ4n) is 3.58. The summed E-state index contributed by atoms with van der Waals surface area (Å²) in [5.41, 5.74) is 1.20. The summed E-state index contributed by atoms with van der Waals surface area (Å²) in [6.07, 6.45) is 7.17. The van der Waals surface area contributed by atoms with E-state index >= 15 is 0 Å². The van der Waals surface area contributed by atoms with Crippen molar-refractivity contribution in [3.05, 3.63) is 39.3 Å². The Morgan fingerprint density at radius 3 is 3.08 bits per heavy atom. The van der Waals surface area contributed by atoms with Crippen molar-refractivity contribution in [3.8, 4) is 0 Å². The van der Waals surface area contributed by atoms with Crippen LogP contribution in [0.25, 0.3) is 10.2 Å². The third kappa shape index (κ3) is 4.19. The average Bonchev–Trinajstić information content (AvgIpc) is 3.13. The van der Waals surface area contributed by atoms with E-state index in [-0.39, 0.29) is 11.7 Å². The van der Waals surface area contributed by atoms with E-state index in [1.54, 1.807) is 11.3 Å². The van der Waals surface area contributed by atoms with Gasteiger partial charge in [0.25, 0.3) is 5.56 Å². The zero-order valence-electron chi connectivity index (χ0n) is 14.9. The van der Waals surface area contributed by atoms with Crippen LogP contribution in [0, 0.1) is 0 Å². The number of hydrogen-bond donors (Lipinski definition) is 2. The SMILES string of the molecule is C=CCC[C@H](O)CN(CCC)Cc1nc2sc3c(c2c(=O)[nH]1)CCC3. The van der Waals surface area contributed by atoms with Crippen LogP contribution in [0.2, 0.25) is 0 Å². The quantitative estimate of drug-likeness (QED) is 0.674. The highest BCUT2D eigenvalue weighted by Gasteiger charge is 2.21. The molecule has 0 saturated carbocycles. The smallest absolute Gasteiger partial charge is 0.259 e. The van der Waals surface area contributed by atoms with Gasteiger partial charge in [-0.3, -0.25) is 9.69 Å². The lowest BCUT2D eigenvalue weighted by molar-refractivity contribution is 0.101. The summed E-state index contributed by atoms with van der Waals surface area (Å²) in [7, 11) is 0. The number of hydrogen-bond acceptors (Lipinski definition) is 5. The van der Waals surface area contributed by atoms with Crippen molar-refractivity contribution in [2.75, 3.05) is 13.1 Å². The number of nitrogens with zero attached hydrogens (tertiary/aromatic N) is 2. The number of aromatic amines is 1. The summed E-state index contributed by atoms with van der Waals surface area (Å²) >= 11 is 1.67. The molecule has 3 rings (SSSR count). The van der Waals surface area contributed by atoms with Gasteiger partial charge in [0.05, 0.1) is 18.0 Å². The van der Waals surface area contributed by atoms with Crippen LogP contribution in [-0.2, 0) is 19.4 Å². The third-order valence-corrected chi connectivity index (χ3v) is 5.90. The summed E-state index contributed by atoms with van der Waals surface area (Å²) in [4.78, 5) is 24.6. The van der Waals surface area contributed by atoms with Gasteiger partial charge in [0.15, 0.2) is 0 Å². The van der Waals surface area contributed by atoms with Gasteiger partial charge in [0.2, 0.25) is 0 Å². The zero-order chi connectivity index (χ0) is 17.8. The maximum Gasteiger partial charge on any atom is 0.259 e. The van der Waals surface area contributed by atoms with E-state index in [2.05, 4.69) is 23.4 Å². The van der Waals surface area contributed by atoms with Crippen LogP contribution < -0.4 is 5.56 Å². The van der Waals surface area contributed by atoms with E-state index in [4.69, 9.17) is 4.98 Å². The first-order chi connectivity index (χ1) is 12.1. The van der Waals surface area contributed by atoms with E-state index in [1.165, 1.54) is 10.4 Å². The number of nitrogens with one attached hydrogen (secondary N) is 1. The summed E-state index contributed by atoms with van der Waals surface area (Å²) < 4.78 is 0. The molecule has 136 valence electrons. The number of aliphatic hydroxyl groups is 1. The van der Waals surface area contributed by atoms with Crippen LogP contribution in [0.15, 0.2) is 17.4 Å². The summed E-state index contributed by atoms with van der Waals surface area (Å²) in [5.74, 6) is 0.696. The minimum absolute atomic E-state index is 0.0111. The Labute approximate surface area is 152 Å². The second-order valence-electron chi connectivity index (χ2n) is 6.81. The molecule has 6 heteroatoms. The van der Waals surface area contributed by atoms with Gasteiger partial charge in [-0.05, 0) is 50.6 Å². The Hall–Kier alpha value is -1.50. The molecule has 1 aliphatic carbocycles. The Morgan fingerprint density at radius 2 is 2.32 bits per heavy atom. The van der Waals surface area contributed by atoms with Gasteiger partial charge in [0.1, 0.15) is 10.7 Å². The van der Waals surface area contributed by atoms with Crippen LogP contribution in [0.1, 0.15) is 48.9 Å². The largest absolute Gasteiger partial charge is 0.392 e. The van der Waals surface area contributed by atoms with Gasteiger partial charge in [-0.15, -0.1) is 17.9 Å². The van der Waals surface area contributed by atoms with Gasteiger partial charge in [-0.25, -0.2) is 4.98 Å². The lowest BCUT2D eigenvalue weighted by atomic mass is 10.2. The number of aliphatic hydroxyl groups excluding tert-OH is 1. The minimum Gasteiger partial charge on any atom is -0.392 e. The van der Waals surface area contributed by atoms with Crippen LogP contribution in [-0.4, -0.2) is 39.2 Å². The van der Waals surface area contributed by atoms with E-state index < -0.39 is 0 Å². The van der Waals surface area contributed by atoms with Crippen LogP contribution >= 0.6 is 11.3 Å². The van der Waals surface area contributed by atoms with Gasteiger partial charge in [-0.1, -0.05) is 13.0 Å². The fraction of sp³-hybridized carbons (Fsp3) is 0.579. The van der Waals surface area contributed by atoms with Crippen molar-refractivity contribution < 1.29 is 5.11 Å². The van der Waals surface area contributed by atoms with Crippen molar-refractivity contribution in [2.45, 2.75) is 58.1 Å². The van der Waals surface area contributed by atoms with Crippen molar-refractivity contribution >= 4 is 21.6 Å². The highest BCUT2D eigenvalue weighted by atomic mass is 32.1. The van der Waals surface area contributed by atoms with Gasteiger partial charge >= 0.3 is 0 Å². The number of aryl methyl sites for hydroxylation is 2. The molecular formula is C19H27N3O2S. The van der Waals surface area contributed by atoms with Crippen LogP contribution in [0.3, 0.4) is 0 Å². The fourth-order valence-corrected chi connectivity index (χ4v) is 4.87. The number of rotatable bonds is 9. The molecule has 0 amide bonds. The first-order valence-corrected chi connectivity index (χ1v) is 9.98. The van der Waals surface area contributed by atoms with Crippen LogP contribution in [0.4, 0.5) is 0 Å². The maximum absolute atomic E-state index is 12.6. The Morgan fingerprint density at radius 1 is 1.48 bits per heavy atom. The standard InChI is InChI=1S/C19H27N3O2S/c1-3-5-7-13(23)11-22(10-4-2)12-16-20-18(24)17-14-8-6-9-15(14)25-19(17)21-16/h3,13,23H,1,4-12H2,2H3,(H,20,21,24)/t13-/m0/s1. The monoisotopic (exact) mass is 361 g/mol. The van der Waals surface area contributed by atoms with Crippen molar-refractivity contribution in [3.63, 3.8) is 0 Å². The molecule has 5 nitrogen and oxygen atoms in total. The molecule has 0 aliphatic heterocycles. The van der Waals surface area contributed by atoms with E-state index in [0.717, 1.165) is 48.9 Å². The van der Waals surface area contributed by atoms with Crippen molar-refractivity contribution in [1.82, 2.24) is 14.9 Å². The number of fused-ring (bicyclic) bond motifs is 3. The molecule has 0 spiro atoms. The molecule has 0 saturated heterocycles. The number of allylic oxidation sites excluding steroid dienone is 1. The third-order valence-electron chi connectivity index (χ3n) is 4.71. The first-order valence-electron chi connectivity index (χ1n) is 9.17. The molecule has 2 heterocycles. The molecule has 0 bridgehead atoms. The van der Waals surface area contributed by atoms with Crippen molar-refractivity contribution in [1.29, 1.82) is 0 Å². The molecule has 25 heavy (non-hydrogen) atoms. The molecule has 2 aromatic rings. The van der Waals surface area contributed by atoms with Gasteiger partial charge < -0.3 is 10.1 Å². The second kappa shape index (κ2) is 8.25. The van der Waals surface area contributed by atoms with Crippen LogP contribution in [0.5, 0.6) is 0 Å². The highest BCUT2D eigenvalue weighted by molar-refractivity contribution is 7.18. The zero-order valence-corrected chi connectivity index (χ0v) is 15.7. The molecule has 0 fully saturated rings. The summed E-state index contributed by atoms with van der Waals surface area (Å²) in [5, 5.41) is 11.0. The summed E-state index contributed by atoms with van der Waals surface area (Å²) in [6, 6.07) is 0. The Balaban J connectivity index is 1.77. The first kappa shape index (κ1) is 18.3. The van der Waals surface area contributed by atoms with E-state index in [9.17, 15) is 9.90 Å². The molecule has 1 atom stereocenters. The topological polar surface area (TPSA) is 69.2 Å². The highest BCUT2D eigenvalue weighted by Crippen LogP contribution is 2.34. The summed E-state index contributed by atoms with van der Waals surface area (Å²) in [6.45, 7) is 7.84. The molecule has 2 aromatic heterocycles. The Bertz CT molecular complexity index is 796. The number of H-pyrrole nitrogens is 1. The average molecular weight is 362 g/mol. The lowest BCUT2D eigenvalue weighted by Gasteiger charge is -2.24. The molecule has 0 unspecified atom stereocenters. The van der Waals surface area contributed by atoms with E-state index in [1.807, 2.05) is 6.08 Å². The number of aromatic nitrogens is 2. The molecule has 0 aromatic carbocycles. The number of thiophene rings is 1. The second-order valence-corrected chi connectivity index (χ2v) is 7.89. The van der Waals surface area contributed by atoms with E-state index in [0.29, 0.717) is 25.3 Å². The lowest BCUT2D eigenvalue weighted by Crippen LogP contribution is -2.33. The predicted molar refractivity (Wildman–Crippen MR) is 103 cm³/mol. The minimum atomic E-state index is -0.384. The molecule has 2 N–H and O–H groups in total. The molecular weight excluding hydrogens is 334 g/mol. The van der Waals surface area contributed by atoms with Crippen molar-refractivity contribution in [2.24, 2.45) is 0 Å². The molecule has 0 radical (unpaired) electrons. The van der Waals surface area contributed by atoms with Gasteiger partial charge in [0, 0.05) is 11.4 Å².